The van der Waals surface area contributed by atoms with Crippen LogP contribution in [0.3, 0.4) is 0 Å². The standard InChI is InChI=1S/C29H33N5O3/c1-20(2)16-33(25(35)19-32(3)17-22-13-14-23-11-7-8-12-24(23)15-22)26-27(30)34(29(37)31-28(26)36)18-21-9-5-4-6-10-21/h4-15,20H,16-19,30H2,1-3H3,(H,31,36,37). The molecule has 3 aromatic carbocycles. The zero-order chi connectivity index (χ0) is 26.5. The van der Waals surface area contributed by atoms with E-state index < -0.39 is 11.2 Å². The van der Waals surface area contributed by atoms with E-state index in [0.29, 0.717) is 13.1 Å². The maximum atomic E-state index is 13.5. The van der Waals surface area contributed by atoms with Crippen LogP contribution in [-0.4, -0.2) is 40.5 Å². The normalized spacial score (nSPS) is 11.4. The number of rotatable bonds is 9. The maximum absolute atomic E-state index is 13.5. The third-order valence-electron chi connectivity index (χ3n) is 6.19. The molecule has 0 fully saturated rings. The van der Waals surface area contributed by atoms with Crippen molar-refractivity contribution in [3.63, 3.8) is 0 Å². The molecule has 0 aliphatic rings. The molecule has 1 heterocycles. The van der Waals surface area contributed by atoms with Crippen LogP contribution >= 0.6 is 0 Å². The number of nitrogens with one attached hydrogen (secondary N) is 1. The van der Waals surface area contributed by atoms with Crippen molar-refractivity contribution in [2.75, 3.05) is 30.8 Å². The Kier molecular flexibility index (Phi) is 7.89. The monoisotopic (exact) mass is 499 g/mol. The van der Waals surface area contributed by atoms with Crippen molar-refractivity contribution in [1.82, 2.24) is 14.5 Å². The van der Waals surface area contributed by atoms with Crippen molar-refractivity contribution in [3.05, 3.63) is 105 Å². The smallest absolute Gasteiger partial charge is 0.330 e. The van der Waals surface area contributed by atoms with Gasteiger partial charge in [-0.25, -0.2) is 4.79 Å². The molecular formula is C29H33N5O3. The van der Waals surface area contributed by atoms with Crippen LogP contribution < -0.4 is 21.9 Å². The van der Waals surface area contributed by atoms with E-state index in [4.69, 9.17) is 5.73 Å². The summed E-state index contributed by atoms with van der Waals surface area (Å²) in [6.07, 6.45) is 0. The van der Waals surface area contributed by atoms with E-state index >= 15 is 0 Å². The van der Waals surface area contributed by atoms with E-state index in [2.05, 4.69) is 35.3 Å². The number of carbonyl (C=O) groups is 1. The third-order valence-corrected chi connectivity index (χ3v) is 6.19. The fourth-order valence-corrected chi connectivity index (χ4v) is 4.47. The topological polar surface area (TPSA) is 104 Å². The van der Waals surface area contributed by atoms with Crippen molar-refractivity contribution in [3.8, 4) is 0 Å². The Balaban J connectivity index is 1.60. The molecule has 37 heavy (non-hydrogen) atoms. The minimum atomic E-state index is -0.669. The number of amides is 1. The van der Waals surface area contributed by atoms with E-state index in [1.165, 1.54) is 9.47 Å². The quantitative estimate of drug-likeness (QED) is 0.367. The molecule has 1 aromatic heterocycles. The summed E-state index contributed by atoms with van der Waals surface area (Å²) >= 11 is 0. The van der Waals surface area contributed by atoms with Gasteiger partial charge in [-0.3, -0.25) is 24.0 Å². The average molecular weight is 500 g/mol. The van der Waals surface area contributed by atoms with Crippen LogP contribution in [0.1, 0.15) is 25.0 Å². The summed E-state index contributed by atoms with van der Waals surface area (Å²) in [4.78, 5) is 44.8. The van der Waals surface area contributed by atoms with E-state index in [-0.39, 0.29) is 36.4 Å². The molecule has 0 aliphatic carbocycles. The van der Waals surface area contributed by atoms with Crippen molar-refractivity contribution < 1.29 is 4.79 Å². The molecule has 0 aliphatic heterocycles. The van der Waals surface area contributed by atoms with Crippen LogP contribution in [0.4, 0.5) is 11.5 Å². The highest BCUT2D eigenvalue weighted by Gasteiger charge is 2.26. The Bertz CT molecular complexity index is 1510. The number of aromatic amines is 1. The summed E-state index contributed by atoms with van der Waals surface area (Å²) in [7, 11) is 1.87. The highest BCUT2D eigenvalue weighted by atomic mass is 16.2. The Labute approximate surface area is 216 Å². The average Bonchev–Trinajstić information content (AvgIpc) is 2.86. The zero-order valence-electron chi connectivity index (χ0n) is 21.5. The number of anilines is 2. The number of hydrogen-bond donors (Lipinski definition) is 2. The van der Waals surface area contributed by atoms with Gasteiger partial charge in [-0.15, -0.1) is 0 Å². The number of carbonyl (C=O) groups excluding carboxylic acids is 1. The first-order valence-electron chi connectivity index (χ1n) is 12.4. The van der Waals surface area contributed by atoms with Crippen molar-refractivity contribution in [2.45, 2.75) is 26.9 Å². The van der Waals surface area contributed by atoms with Gasteiger partial charge in [0.25, 0.3) is 5.56 Å². The lowest BCUT2D eigenvalue weighted by atomic mass is 10.1. The number of nitrogen functional groups attached to an aromatic ring is 1. The summed E-state index contributed by atoms with van der Waals surface area (Å²) in [5, 5.41) is 2.30. The van der Waals surface area contributed by atoms with Crippen molar-refractivity contribution in [2.24, 2.45) is 5.92 Å². The molecule has 0 atom stereocenters. The van der Waals surface area contributed by atoms with Gasteiger partial charge in [0, 0.05) is 13.1 Å². The first kappa shape index (κ1) is 25.9. The number of H-pyrrole nitrogens is 1. The SMILES string of the molecule is CC(C)CN(C(=O)CN(C)Cc1ccc2ccccc2c1)c1c(N)n(Cc2ccccc2)c(=O)[nH]c1=O. The van der Waals surface area contributed by atoms with E-state index in [1.54, 1.807) is 0 Å². The Morgan fingerprint density at radius 3 is 2.32 bits per heavy atom. The number of aromatic nitrogens is 2. The van der Waals surface area contributed by atoms with Crippen LogP contribution in [0, 0.1) is 5.92 Å². The predicted molar refractivity (Wildman–Crippen MR) is 149 cm³/mol. The highest BCUT2D eigenvalue weighted by molar-refractivity contribution is 5.96. The van der Waals surface area contributed by atoms with Crippen molar-refractivity contribution in [1.29, 1.82) is 0 Å². The van der Waals surface area contributed by atoms with Gasteiger partial charge in [-0.1, -0.05) is 80.6 Å². The predicted octanol–water partition coefficient (Wildman–Crippen LogP) is 3.44. The van der Waals surface area contributed by atoms with E-state index in [9.17, 15) is 14.4 Å². The summed E-state index contributed by atoms with van der Waals surface area (Å²) in [5.74, 6) is -0.217. The second-order valence-corrected chi connectivity index (χ2v) is 9.82. The summed E-state index contributed by atoms with van der Waals surface area (Å²) in [6, 6.07) is 23.7. The summed E-state index contributed by atoms with van der Waals surface area (Å²) in [6.45, 7) is 5.04. The fraction of sp³-hybridized carbons (Fsp3) is 0.276. The number of benzene rings is 3. The number of hydrogen-bond acceptors (Lipinski definition) is 5. The molecule has 4 aromatic rings. The Morgan fingerprint density at radius 2 is 1.62 bits per heavy atom. The molecule has 4 rings (SSSR count). The van der Waals surface area contributed by atoms with Crippen molar-refractivity contribution >= 4 is 28.2 Å². The second-order valence-electron chi connectivity index (χ2n) is 9.82. The Morgan fingerprint density at radius 1 is 0.946 bits per heavy atom. The molecule has 0 saturated carbocycles. The molecule has 1 amide bonds. The van der Waals surface area contributed by atoms with E-state index in [0.717, 1.165) is 21.9 Å². The van der Waals surface area contributed by atoms with Crippen LogP contribution in [-0.2, 0) is 17.9 Å². The molecule has 0 unspecified atom stereocenters. The molecule has 192 valence electrons. The first-order chi connectivity index (χ1) is 17.7. The molecule has 8 heteroatoms. The fourth-order valence-electron chi connectivity index (χ4n) is 4.47. The van der Waals surface area contributed by atoms with Gasteiger partial charge in [0.05, 0.1) is 13.1 Å². The van der Waals surface area contributed by atoms with Gasteiger partial charge < -0.3 is 10.6 Å². The molecule has 3 N–H and O–H groups in total. The van der Waals surface area contributed by atoms with Gasteiger partial charge in [-0.05, 0) is 40.9 Å². The minimum Gasteiger partial charge on any atom is -0.383 e. The van der Waals surface area contributed by atoms with Gasteiger partial charge in [0.2, 0.25) is 5.91 Å². The lowest BCUT2D eigenvalue weighted by molar-refractivity contribution is -0.119. The van der Waals surface area contributed by atoms with Gasteiger partial charge in [-0.2, -0.15) is 0 Å². The van der Waals surface area contributed by atoms with E-state index in [1.807, 2.05) is 68.3 Å². The van der Waals surface area contributed by atoms with Gasteiger partial charge >= 0.3 is 5.69 Å². The van der Waals surface area contributed by atoms with Crippen LogP contribution in [0.5, 0.6) is 0 Å². The summed E-state index contributed by atoms with van der Waals surface area (Å²) in [5.41, 5.74) is 7.05. The largest absolute Gasteiger partial charge is 0.383 e. The Hall–Kier alpha value is -4.17. The molecule has 0 spiro atoms. The van der Waals surface area contributed by atoms with Crippen LogP contribution in [0.25, 0.3) is 10.8 Å². The molecule has 0 radical (unpaired) electrons. The molecule has 0 saturated heterocycles. The van der Waals surface area contributed by atoms with Crippen LogP contribution in [0.2, 0.25) is 0 Å². The number of nitrogens with two attached hydrogens (primary N) is 1. The summed E-state index contributed by atoms with van der Waals surface area (Å²) < 4.78 is 1.30. The number of likely N-dealkylation sites (N-methyl/N-ethyl adjacent to an activating group) is 1. The molecular weight excluding hydrogens is 466 g/mol. The lowest BCUT2D eigenvalue weighted by Crippen LogP contribution is -2.46. The van der Waals surface area contributed by atoms with Gasteiger partial charge in [0.1, 0.15) is 5.82 Å². The number of nitrogens with zero attached hydrogens (tertiary/aromatic N) is 3. The lowest BCUT2D eigenvalue weighted by Gasteiger charge is -2.28. The third kappa shape index (κ3) is 6.16. The zero-order valence-corrected chi connectivity index (χ0v) is 21.5. The van der Waals surface area contributed by atoms with Gasteiger partial charge in [0.15, 0.2) is 5.69 Å². The molecule has 8 nitrogen and oxygen atoms in total. The molecule has 0 bridgehead atoms. The first-order valence-corrected chi connectivity index (χ1v) is 12.4. The van der Waals surface area contributed by atoms with Crippen LogP contribution in [0.15, 0.2) is 82.4 Å². The number of fused-ring (bicyclic) bond motifs is 1. The highest BCUT2D eigenvalue weighted by Crippen LogP contribution is 2.21. The second kappa shape index (κ2) is 11.3. The minimum absolute atomic E-state index is 0.00772. The maximum Gasteiger partial charge on any atom is 0.330 e.